The van der Waals surface area contributed by atoms with Gasteiger partial charge in [-0.2, -0.15) is 0 Å². The van der Waals surface area contributed by atoms with Crippen molar-refractivity contribution < 1.29 is 14.3 Å². The monoisotopic (exact) mass is 325 g/mol. The van der Waals surface area contributed by atoms with Crippen molar-refractivity contribution >= 4 is 34.9 Å². The van der Waals surface area contributed by atoms with Crippen LogP contribution in [0.2, 0.25) is 10.0 Å². The first-order valence-corrected chi connectivity index (χ1v) is 6.81. The minimum Gasteiger partial charge on any atom is -0.497 e. The van der Waals surface area contributed by atoms with Gasteiger partial charge in [0.05, 0.1) is 28.4 Å². The highest BCUT2D eigenvalue weighted by molar-refractivity contribution is 6.39. The Hall–Kier alpha value is -1.91. The summed E-state index contributed by atoms with van der Waals surface area (Å²) in [7, 11) is 1.57. The Morgan fingerprint density at radius 2 is 1.86 bits per heavy atom. The van der Waals surface area contributed by atoms with Crippen molar-refractivity contribution in [1.29, 1.82) is 0 Å². The number of anilines is 1. The second kappa shape index (κ2) is 6.70. The summed E-state index contributed by atoms with van der Waals surface area (Å²) >= 11 is 11.8. The minimum absolute atomic E-state index is 0.121. The van der Waals surface area contributed by atoms with Gasteiger partial charge in [-0.05, 0) is 29.8 Å². The molecule has 0 bridgehead atoms. The molecule has 0 atom stereocenters. The third-order valence-corrected chi connectivity index (χ3v) is 3.44. The highest BCUT2D eigenvalue weighted by atomic mass is 35.5. The van der Waals surface area contributed by atoms with E-state index in [2.05, 4.69) is 0 Å². The first-order chi connectivity index (χ1) is 10.0. The lowest BCUT2D eigenvalue weighted by atomic mass is 10.2. The summed E-state index contributed by atoms with van der Waals surface area (Å²) in [5, 5.41) is 0.437. The van der Waals surface area contributed by atoms with E-state index in [0.29, 0.717) is 5.75 Å². The number of rotatable bonds is 4. The molecule has 0 saturated carbocycles. The highest BCUT2D eigenvalue weighted by Crippen LogP contribution is 2.29. The zero-order valence-electron chi connectivity index (χ0n) is 11.2. The molecule has 6 heteroatoms. The summed E-state index contributed by atoms with van der Waals surface area (Å²) < 4.78 is 10.3. The van der Waals surface area contributed by atoms with Crippen molar-refractivity contribution in [3.8, 4) is 5.75 Å². The average molecular weight is 326 g/mol. The largest absolute Gasteiger partial charge is 0.497 e. The van der Waals surface area contributed by atoms with Crippen LogP contribution in [0.25, 0.3) is 0 Å². The maximum Gasteiger partial charge on any atom is 0.338 e. The van der Waals surface area contributed by atoms with E-state index in [-0.39, 0.29) is 27.9 Å². The van der Waals surface area contributed by atoms with Crippen molar-refractivity contribution in [2.45, 2.75) is 6.61 Å². The van der Waals surface area contributed by atoms with Crippen LogP contribution in [0.1, 0.15) is 15.9 Å². The quantitative estimate of drug-likeness (QED) is 0.683. The topological polar surface area (TPSA) is 61.5 Å². The lowest BCUT2D eigenvalue weighted by Gasteiger charge is -2.08. The molecule has 2 rings (SSSR count). The number of methoxy groups -OCH3 is 1. The van der Waals surface area contributed by atoms with Crippen LogP contribution in [-0.4, -0.2) is 13.1 Å². The van der Waals surface area contributed by atoms with Gasteiger partial charge in [0.2, 0.25) is 0 Å². The van der Waals surface area contributed by atoms with E-state index in [1.807, 2.05) is 18.2 Å². The predicted octanol–water partition coefficient (Wildman–Crippen LogP) is 3.94. The molecule has 4 nitrogen and oxygen atoms in total. The number of nitrogen functional groups attached to an aromatic ring is 1. The molecule has 0 radical (unpaired) electrons. The van der Waals surface area contributed by atoms with Crippen LogP contribution in [0.15, 0.2) is 36.4 Å². The van der Waals surface area contributed by atoms with Gasteiger partial charge in [-0.3, -0.25) is 0 Å². The van der Waals surface area contributed by atoms with E-state index < -0.39 is 5.97 Å². The Morgan fingerprint density at radius 3 is 2.48 bits per heavy atom. The summed E-state index contributed by atoms with van der Waals surface area (Å²) in [6.07, 6.45) is 0. The fourth-order valence-electron chi connectivity index (χ4n) is 1.70. The molecule has 0 aliphatic rings. The molecule has 110 valence electrons. The molecule has 0 spiro atoms. The van der Waals surface area contributed by atoms with Crippen molar-refractivity contribution in [2.75, 3.05) is 12.8 Å². The number of esters is 1. The van der Waals surface area contributed by atoms with Gasteiger partial charge in [0.1, 0.15) is 12.4 Å². The zero-order valence-corrected chi connectivity index (χ0v) is 12.7. The van der Waals surface area contributed by atoms with Crippen LogP contribution in [0, 0.1) is 0 Å². The van der Waals surface area contributed by atoms with Crippen LogP contribution in [0.3, 0.4) is 0 Å². The molecule has 2 N–H and O–H groups in total. The third kappa shape index (κ3) is 3.80. The maximum absolute atomic E-state index is 12.0. The molecule has 0 unspecified atom stereocenters. The SMILES string of the molecule is COc1cccc(COC(=O)c2cc(Cl)c(N)c(Cl)c2)c1. The summed E-state index contributed by atoms with van der Waals surface area (Å²) in [4.78, 5) is 12.0. The zero-order chi connectivity index (χ0) is 15.4. The summed E-state index contributed by atoms with van der Waals surface area (Å²) in [5.74, 6) is 0.170. The van der Waals surface area contributed by atoms with Gasteiger partial charge in [-0.25, -0.2) is 4.79 Å². The second-order valence-electron chi connectivity index (χ2n) is 4.28. The van der Waals surface area contributed by atoms with Crippen molar-refractivity contribution in [3.05, 3.63) is 57.6 Å². The lowest BCUT2D eigenvalue weighted by molar-refractivity contribution is 0.0472. The number of hydrogen-bond donors (Lipinski definition) is 1. The first-order valence-electron chi connectivity index (χ1n) is 6.06. The molecule has 0 aromatic heterocycles. The molecule has 0 heterocycles. The molecule has 2 aromatic rings. The van der Waals surface area contributed by atoms with Crippen LogP contribution < -0.4 is 10.5 Å². The Balaban J connectivity index is 2.08. The van der Waals surface area contributed by atoms with Gasteiger partial charge in [0.15, 0.2) is 0 Å². The Bertz CT molecular complexity index is 651. The Kier molecular flexibility index (Phi) is 4.94. The predicted molar refractivity (Wildman–Crippen MR) is 83.0 cm³/mol. The highest BCUT2D eigenvalue weighted by Gasteiger charge is 2.12. The number of halogens is 2. The van der Waals surface area contributed by atoms with Crippen LogP contribution >= 0.6 is 23.2 Å². The third-order valence-electron chi connectivity index (χ3n) is 2.82. The van der Waals surface area contributed by atoms with Gasteiger partial charge < -0.3 is 15.2 Å². The molecule has 21 heavy (non-hydrogen) atoms. The van der Waals surface area contributed by atoms with E-state index in [1.54, 1.807) is 13.2 Å². The number of ether oxygens (including phenoxy) is 2. The summed E-state index contributed by atoms with van der Waals surface area (Å²) in [6, 6.07) is 10.1. The molecular formula is C15H13Cl2NO3. The lowest BCUT2D eigenvalue weighted by Crippen LogP contribution is -2.06. The van der Waals surface area contributed by atoms with E-state index in [4.69, 9.17) is 38.4 Å². The van der Waals surface area contributed by atoms with Gasteiger partial charge in [0.25, 0.3) is 0 Å². The van der Waals surface area contributed by atoms with Crippen molar-refractivity contribution in [1.82, 2.24) is 0 Å². The molecular weight excluding hydrogens is 313 g/mol. The number of carbonyl (C=O) groups is 1. The van der Waals surface area contributed by atoms with Crippen LogP contribution in [0.5, 0.6) is 5.75 Å². The van der Waals surface area contributed by atoms with Gasteiger partial charge in [-0.15, -0.1) is 0 Å². The summed E-state index contributed by atoms with van der Waals surface area (Å²) in [5.41, 5.74) is 6.92. The number of hydrogen-bond acceptors (Lipinski definition) is 4. The second-order valence-corrected chi connectivity index (χ2v) is 5.10. The molecule has 0 aliphatic carbocycles. The number of nitrogens with two attached hydrogens (primary N) is 1. The van der Waals surface area contributed by atoms with Crippen LogP contribution in [0.4, 0.5) is 5.69 Å². The smallest absolute Gasteiger partial charge is 0.338 e. The van der Waals surface area contributed by atoms with Gasteiger partial charge >= 0.3 is 5.97 Å². The molecule has 2 aromatic carbocycles. The van der Waals surface area contributed by atoms with Crippen molar-refractivity contribution in [3.63, 3.8) is 0 Å². The standard InChI is InChI=1S/C15H13Cl2NO3/c1-20-11-4-2-3-9(5-11)8-21-15(19)10-6-12(16)14(18)13(17)7-10/h2-7H,8,18H2,1H3. The minimum atomic E-state index is -0.526. The Morgan fingerprint density at radius 1 is 1.19 bits per heavy atom. The average Bonchev–Trinajstić information content (AvgIpc) is 2.50. The van der Waals surface area contributed by atoms with E-state index >= 15 is 0 Å². The van der Waals surface area contributed by atoms with E-state index in [0.717, 1.165) is 5.56 Å². The maximum atomic E-state index is 12.0. The van der Waals surface area contributed by atoms with E-state index in [9.17, 15) is 4.79 Å². The van der Waals surface area contributed by atoms with Crippen molar-refractivity contribution in [2.24, 2.45) is 0 Å². The Labute approximate surface area is 132 Å². The molecule has 0 amide bonds. The fourth-order valence-corrected chi connectivity index (χ4v) is 2.18. The first kappa shape index (κ1) is 15.5. The molecule has 0 saturated heterocycles. The van der Waals surface area contributed by atoms with Crippen LogP contribution in [-0.2, 0) is 11.3 Å². The molecule has 0 aliphatic heterocycles. The normalized spacial score (nSPS) is 10.2. The van der Waals surface area contributed by atoms with Gasteiger partial charge in [0, 0.05) is 0 Å². The van der Waals surface area contributed by atoms with E-state index in [1.165, 1.54) is 12.1 Å². The number of carbonyl (C=O) groups excluding carboxylic acids is 1. The molecule has 0 fully saturated rings. The fraction of sp³-hybridized carbons (Fsp3) is 0.133. The van der Waals surface area contributed by atoms with Gasteiger partial charge in [-0.1, -0.05) is 35.3 Å². The number of benzene rings is 2. The summed E-state index contributed by atoms with van der Waals surface area (Å²) in [6.45, 7) is 0.121.